The second-order valence-corrected chi connectivity index (χ2v) is 6.53. The zero-order valence-corrected chi connectivity index (χ0v) is 15.2. The minimum Gasteiger partial charge on any atom is -0.412 e. The number of unbranched alkanes of at least 4 members (excludes halogenated alkanes) is 9. The smallest absolute Gasteiger partial charge is 0.394 e. The number of hydrogen-bond donors (Lipinski definition) is 2. The van der Waals surface area contributed by atoms with Crippen molar-refractivity contribution in [3.05, 3.63) is 0 Å². The Hall–Kier alpha value is 0.830. The van der Waals surface area contributed by atoms with Crippen LogP contribution in [0, 0.1) is 0 Å². The first kappa shape index (κ1) is 24.8. The van der Waals surface area contributed by atoms with Crippen molar-refractivity contribution in [2.45, 2.75) is 74.8 Å². The normalized spacial score (nSPS) is 10.4. The standard InChI is InChI=1S/C12H25.Na.H2O4S.H2O/c1-3-5-7-9-11-12-10-8-6-4-2;;1-5(2,3)4;/h1,3-12H2,2H3;;(H2,1,2,3,4);1H2. The van der Waals surface area contributed by atoms with E-state index in [0.717, 1.165) is 0 Å². The number of rotatable bonds is 10. The number of hydrogen-bond acceptors (Lipinski definition) is 2. The van der Waals surface area contributed by atoms with Crippen LogP contribution in [0.25, 0.3) is 0 Å². The van der Waals surface area contributed by atoms with Gasteiger partial charge in [-0.05, 0) is 0 Å². The largest absolute Gasteiger partial charge is 0.412 e. The Morgan fingerprint density at radius 3 is 1.32 bits per heavy atom. The molecule has 0 aliphatic heterocycles. The van der Waals surface area contributed by atoms with Crippen LogP contribution in [0.5, 0.6) is 0 Å². The van der Waals surface area contributed by atoms with E-state index in [0.29, 0.717) is 0 Å². The van der Waals surface area contributed by atoms with E-state index in [1.54, 1.807) is 0 Å². The summed E-state index contributed by atoms with van der Waals surface area (Å²) in [4.78, 5) is 0. The van der Waals surface area contributed by atoms with Crippen molar-refractivity contribution in [3.63, 3.8) is 0 Å². The van der Waals surface area contributed by atoms with Crippen LogP contribution in [0.1, 0.15) is 71.1 Å². The summed E-state index contributed by atoms with van der Waals surface area (Å²) >= 11 is 1.41. The molecule has 7 heteroatoms. The third-order valence-corrected chi connectivity index (χ3v) is 3.41. The topological polar surface area (TPSA) is 106 Å². The van der Waals surface area contributed by atoms with Gasteiger partial charge in [0.05, 0.1) is 0 Å². The first-order chi connectivity index (χ1) is 8.41. The molecule has 0 heterocycles. The summed E-state index contributed by atoms with van der Waals surface area (Å²) in [6, 6.07) is 0. The molecule has 0 aliphatic carbocycles. The molecular weight excluding hydrogens is 279 g/mol. The third kappa shape index (κ3) is 45.5. The van der Waals surface area contributed by atoms with Gasteiger partial charge in [0.1, 0.15) is 0 Å². The fourth-order valence-corrected chi connectivity index (χ4v) is 2.24. The third-order valence-electron chi connectivity index (χ3n) is 2.71. The van der Waals surface area contributed by atoms with Crippen molar-refractivity contribution in [1.82, 2.24) is 0 Å². The Morgan fingerprint density at radius 1 is 0.789 bits per heavy atom. The summed E-state index contributed by atoms with van der Waals surface area (Å²) in [5.41, 5.74) is 0. The molecule has 4 N–H and O–H groups in total. The van der Waals surface area contributed by atoms with E-state index < -0.39 is 10.4 Å². The zero-order valence-electron chi connectivity index (χ0n) is 12.4. The second kappa shape index (κ2) is 18.8. The average molecular weight is 308 g/mol. The molecule has 0 spiro atoms. The van der Waals surface area contributed by atoms with Gasteiger partial charge in [-0.15, -0.1) is 0 Å². The molecule has 0 aromatic heterocycles. The first-order valence-electron chi connectivity index (χ1n) is 7.11. The van der Waals surface area contributed by atoms with Gasteiger partial charge in [0.25, 0.3) is 0 Å². The predicted molar refractivity (Wildman–Crippen MR) is 80.2 cm³/mol. The minimum atomic E-state index is -4.67. The Kier molecular flexibility index (Phi) is 24.6. The molecule has 0 fully saturated rings. The fourth-order valence-electron chi connectivity index (χ4n) is 1.74. The van der Waals surface area contributed by atoms with Crippen molar-refractivity contribution in [3.8, 4) is 0 Å². The van der Waals surface area contributed by atoms with Gasteiger partial charge >= 0.3 is 113 Å². The van der Waals surface area contributed by atoms with Gasteiger partial charge in [0.2, 0.25) is 0 Å². The van der Waals surface area contributed by atoms with E-state index >= 15 is 0 Å². The van der Waals surface area contributed by atoms with Gasteiger partial charge in [0, 0.05) is 0 Å². The van der Waals surface area contributed by atoms with Crippen molar-refractivity contribution in [2.75, 3.05) is 0 Å². The van der Waals surface area contributed by atoms with Crippen LogP contribution < -0.4 is 0 Å². The maximum Gasteiger partial charge on any atom is 0.394 e. The van der Waals surface area contributed by atoms with Gasteiger partial charge in [-0.25, -0.2) is 0 Å². The van der Waals surface area contributed by atoms with Gasteiger partial charge in [-0.3, -0.25) is 9.11 Å². The van der Waals surface area contributed by atoms with E-state index in [9.17, 15) is 0 Å². The van der Waals surface area contributed by atoms with Crippen LogP contribution >= 0.6 is 0 Å². The SMILES string of the molecule is CCCCCCCCCCC[CH2][Na].O.O=S(=O)(O)O. The van der Waals surface area contributed by atoms with E-state index in [-0.39, 0.29) is 5.48 Å². The van der Waals surface area contributed by atoms with E-state index in [2.05, 4.69) is 6.92 Å². The summed E-state index contributed by atoms with van der Waals surface area (Å²) in [6.07, 6.45) is 14.7. The molecule has 0 saturated carbocycles. The Morgan fingerprint density at radius 2 is 1.05 bits per heavy atom. The average Bonchev–Trinajstić information content (AvgIpc) is 2.25. The van der Waals surface area contributed by atoms with Crippen molar-refractivity contribution >= 4 is 38.3 Å². The molecule has 0 radical (unpaired) electrons. The van der Waals surface area contributed by atoms with Crippen molar-refractivity contribution in [2.24, 2.45) is 0 Å². The molecule has 0 aromatic carbocycles. The molecule has 0 aliphatic rings. The molecule has 0 amide bonds. The molecule has 0 saturated heterocycles. The Balaban J connectivity index is -0.000000366. The maximum absolute atomic E-state index is 8.74. The van der Waals surface area contributed by atoms with Crippen LogP contribution in [0.15, 0.2) is 0 Å². The molecule has 19 heavy (non-hydrogen) atoms. The quantitative estimate of drug-likeness (QED) is 0.367. The Labute approximate surface area is 135 Å². The molecule has 0 aromatic rings. The maximum atomic E-state index is 8.74. The monoisotopic (exact) mass is 308 g/mol. The van der Waals surface area contributed by atoms with Crippen molar-refractivity contribution in [1.29, 1.82) is 0 Å². The minimum absolute atomic E-state index is 0. The van der Waals surface area contributed by atoms with Crippen LogP contribution in [0.2, 0.25) is 3.67 Å². The molecule has 0 atom stereocenters. The van der Waals surface area contributed by atoms with Gasteiger partial charge in [-0.1, -0.05) is 0 Å². The molecule has 5 nitrogen and oxygen atoms in total. The van der Waals surface area contributed by atoms with Crippen LogP contribution in [-0.4, -0.2) is 50.9 Å². The van der Waals surface area contributed by atoms with E-state index in [4.69, 9.17) is 17.5 Å². The summed E-state index contributed by atoms with van der Waals surface area (Å²) in [5.74, 6) is 0. The molecule has 0 rings (SSSR count). The van der Waals surface area contributed by atoms with Crippen LogP contribution in [-0.2, 0) is 10.4 Å². The van der Waals surface area contributed by atoms with Gasteiger partial charge < -0.3 is 5.48 Å². The van der Waals surface area contributed by atoms with Crippen LogP contribution in [0.3, 0.4) is 0 Å². The summed E-state index contributed by atoms with van der Waals surface area (Å²) < 4.78 is 33.1. The predicted octanol–water partition coefficient (Wildman–Crippen LogP) is 3.02. The summed E-state index contributed by atoms with van der Waals surface area (Å²) in [5, 5.41) is 0. The molecule has 0 unspecified atom stereocenters. The van der Waals surface area contributed by atoms with Crippen LogP contribution in [0.4, 0.5) is 0 Å². The second-order valence-electron chi connectivity index (χ2n) is 4.63. The summed E-state index contributed by atoms with van der Waals surface area (Å²) in [6.45, 7) is 2.29. The Bertz CT molecular complexity index is 227. The van der Waals surface area contributed by atoms with Gasteiger partial charge in [0.15, 0.2) is 0 Å². The van der Waals surface area contributed by atoms with Crippen molar-refractivity contribution < 1.29 is 23.0 Å². The van der Waals surface area contributed by atoms with Gasteiger partial charge in [-0.2, -0.15) is 8.42 Å². The summed E-state index contributed by atoms with van der Waals surface area (Å²) in [7, 11) is -4.67. The fraction of sp³-hybridized carbons (Fsp3) is 1.00. The van der Waals surface area contributed by atoms with E-state index in [1.165, 1.54) is 95.8 Å². The molecule has 114 valence electrons. The molecule has 0 bridgehead atoms. The molecular formula is C12H29NaO5S. The first-order valence-corrected chi connectivity index (χ1v) is 9.92. The van der Waals surface area contributed by atoms with E-state index in [1.807, 2.05) is 0 Å². The zero-order chi connectivity index (χ0) is 14.3.